The number of nitrogens with one attached hydrogen (secondary N) is 1. The molecule has 0 unspecified atom stereocenters. The van der Waals surface area contributed by atoms with Gasteiger partial charge in [0.1, 0.15) is 5.82 Å². The lowest BCUT2D eigenvalue weighted by atomic mass is 9.85. The number of carbonyl (C=O) groups is 1. The van der Waals surface area contributed by atoms with Crippen LogP contribution in [0, 0.1) is 5.82 Å². The highest BCUT2D eigenvalue weighted by Gasteiger charge is 2.21. The molecule has 1 aromatic heterocycles. The van der Waals surface area contributed by atoms with Gasteiger partial charge in [-0.1, -0.05) is 26.0 Å². The first-order valence-electron chi connectivity index (χ1n) is 7.00. The molecule has 0 spiro atoms. The molecule has 0 amide bonds. The van der Waals surface area contributed by atoms with Gasteiger partial charge in [0, 0.05) is 29.6 Å². The Kier molecular flexibility index (Phi) is 5.44. The third-order valence-corrected chi connectivity index (χ3v) is 4.01. The van der Waals surface area contributed by atoms with Crippen molar-refractivity contribution in [1.82, 2.24) is 9.36 Å². The number of hydrogen-bond acceptors (Lipinski definition) is 6. The summed E-state index contributed by atoms with van der Waals surface area (Å²) in [6.07, 6.45) is 2.77. The first-order valence-corrected chi connectivity index (χ1v) is 7.78. The molecule has 0 aliphatic rings. The van der Waals surface area contributed by atoms with Crippen LogP contribution in [0.4, 0.5) is 9.52 Å². The highest BCUT2D eigenvalue weighted by Crippen LogP contribution is 2.24. The normalized spacial score (nSPS) is 11.7. The summed E-state index contributed by atoms with van der Waals surface area (Å²) < 4.78 is 21.7. The van der Waals surface area contributed by atoms with Crippen molar-refractivity contribution in [3.05, 3.63) is 47.5 Å². The molecule has 0 aliphatic heterocycles. The number of anilines is 1. The second-order valence-electron chi connectivity index (χ2n) is 5.56. The molecule has 23 heavy (non-hydrogen) atoms. The molecule has 7 heteroatoms. The minimum atomic E-state index is -0.452. The number of aromatic nitrogens is 2. The van der Waals surface area contributed by atoms with E-state index in [0.717, 1.165) is 5.56 Å². The van der Waals surface area contributed by atoms with Crippen LogP contribution in [0.1, 0.15) is 25.2 Å². The van der Waals surface area contributed by atoms with E-state index in [0.29, 0.717) is 17.5 Å². The zero-order valence-corrected chi connectivity index (χ0v) is 14.0. The summed E-state index contributed by atoms with van der Waals surface area (Å²) in [5.41, 5.74) is 0.836. The van der Waals surface area contributed by atoms with Crippen LogP contribution in [0.2, 0.25) is 0 Å². The summed E-state index contributed by atoms with van der Waals surface area (Å²) in [5.74, 6) is -0.252. The van der Waals surface area contributed by atoms with Crippen molar-refractivity contribution in [2.45, 2.75) is 19.3 Å². The first-order chi connectivity index (χ1) is 10.9. The first kappa shape index (κ1) is 17.1. The minimum Gasteiger partial charge on any atom is -0.466 e. The third kappa shape index (κ3) is 4.85. The predicted octanol–water partition coefficient (Wildman–Crippen LogP) is 3.25. The fourth-order valence-electron chi connectivity index (χ4n) is 1.88. The van der Waals surface area contributed by atoms with Gasteiger partial charge < -0.3 is 10.1 Å². The van der Waals surface area contributed by atoms with Crippen molar-refractivity contribution in [3.8, 4) is 0 Å². The van der Waals surface area contributed by atoms with Gasteiger partial charge in [-0.15, -0.1) is 0 Å². The highest BCUT2D eigenvalue weighted by molar-refractivity contribution is 7.09. The lowest BCUT2D eigenvalue weighted by molar-refractivity contribution is -0.134. The van der Waals surface area contributed by atoms with Crippen molar-refractivity contribution >= 4 is 28.7 Å². The van der Waals surface area contributed by atoms with Crippen molar-refractivity contribution in [3.63, 3.8) is 0 Å². The van der Waals surface area contributed by atoms with E-state index < -0.39 is 5.97 Å². The summed E-state index contributed by atoms with van der Waals surface area (Å²) in [6.45, 7) is 4.74. The van der Waals surface area contributed by atoms with Crippen LogP contribution in [-0.4, -0.2) is 29.0 Å². The number of halogens is 1. The molecular weight excluding hydrogens is 317 g/mol. The molecule has 5 nitrogen and oxygen atoms in total. The smallest absolute Gasteiger partial charge is 0.330 e. The molecule has 0 bridgehead atoms. The van der Waals surface area contributed by atoms with E-state index >= 15 is 0 Å². The Hall–Kier alpha value is -2.28. The van der Waals surface area contributed by atoms with Crippen molar-refractivity contribution in [1.29, 1.82) is 0 Å². The number of rotatable bonds is 6. The standard InChI is InChI=1S/C16H18FN3O2S/c1-16(2,11-4-6-12(17)7-5-11)10-18-15-19-13(20-23-15)8-9-14(21)22-3/h4-9H,10H2,1-3H3,(H,18,19,20)/b9-8+. The molecule has 0 fully saturated rings. The van der Waals surface area contributed by atoms with Gasteiger partial charge in [0.05, 0.1) is 7.11 Å². The van der Waals surface area contributed by atoms with Gasteiger partial charge >= 0.3 is 5.97 Å². The Morgan fingerprint density at radius 1 is 1.39 bits per heavy atom. The Bertz CT molecular complexity index is 696. The molecule has 1 aromatic carbocycles. The van der Waals surface area contributed by atoms with Crippen LogP contribution < -0.4 is 5.32 Å². The van der Waals surface area contributed by atoms with Crippen LogP contribution in [0.15, 0.2) is 30.3 Å². The summed E-state index contributed by atoms with van der Waals surface area (Å²) in [6, 6.07) is 6.47. The van der Waals surface area contributed by atoms with Crippen molar-refractivity contribution < 1.29 is 13.9 Å². The van der Waals surface area contributed by atoms with Crippen LogP contribution in [-0.2, 0) is 14.9 Å². The second-order valence-corrected chi connectivity index (χ2v) is 6.31. The number of methoxy groups -OCH3 is 1. The number of carbonyl (C=O) groups excluding carboxylic acids is 1. The molecule has 2 rings (SSSR count). The molecule has 1 heterocycles. The Morgan fingerprint density at radius 3 is 2.74 bits per heavy atom. The van der Waals surface area contributed by atoms with Crippen LogP contribution in [0.3, 0.4) is 0 Å². The van der Waals surface area contributed by atoms with Gasteiger partial charge in [-0.2, -0.15) is 9.36 Å². The zero-order chi connectivity index (χ0) is 16.9. The summed E-state index contributed by atoms with van der Waals surface area (Å²) in [4.78, 5) is 15.3. The average Bonchev–Trinajstić information content (AvgIpc) is 2.99. The minimum absolute atomic E-state index is 0.193. The van der Waals surface area contributed by atoms with Crippen LogP contribution in [0.5, 0.6) is 0 Å². The molecular formula is C16H18FN3O2S. The number of ether oxygens (including phenoxy) is 1. The topological polar surface area (TPSA) is 64.1 Å². The maximum absolute atomic E-state index is 13.0. The number of benzene rings is 1. The Labute approximate surface area is 138 Å². The fourth-order valence-corrected chi connectivity index (χ4v) is 2.44. The zero-order valence-electron chi connectivity index (χ0n) is 13.2. The lowest BCUT2D eigenvalue weighted by Gasteiger charge is -2.25. The van der Waals surface area contributed by atoms with Gasteiger partial charge in [0.25, 0.3) is 0 Å². The summed E-state index contributed by atoms with van der Waals surface area (Å²) in [5, 5.41) is 3.88. The number of hydrogen-bond donors (Lipinski definition) is 1. The highest BCUT2D eigenvalue weighted by atomic mass is 32.1. The van der Waals surface area contributed by atoms with Crippen LogP contribution >= 0.6 is 11.5 Å². The SMILES string of the molecule is COC(=O)/C=C/c1nsc(NCC(C)(C)c2ccc(F)cc2)n1. The van der Waals surface area contributed by atoms with Gasteiger partial charge in [0.15, 0.2) is 5.82 Å². The molecule has 0 saturated heterocycles. The maximum atomic E-state index is 13.0. The predicted molar refractivity (Wildman–Crippen MR) is 88.9 cm³/mol. The summed E-state index contributed by atoms with van der Waals surface area (Å²) >= 11 is 1.21. The molecule has 2 aromatic rings. The van der Waals surface area contributed by atoms with Gasteiger partial charge in [0.2, 0.25) is 5.13 Å². The van der Waals surface area contributed by atoms with Crippen LogP contribution in [0.25, 0.3) is 6.08 Å². The second kappa shape index (κ2) is 7.32. The molecule has 0 saturated carbocycles. The van der Waals surface area contributed by atoms with E-state index in [1.165, 1.54) is 42.9 Å². The molecule has 0 aliphatic carbocycles. The van der Waals surface area contributed by atoms with E-state index in [2.05, 4.69) is 33.3 Å². The average molecular weight is 335 g/mol. The molecule has 1 N–H and O–H groups in total. The van der Waals surface area contributed by atoms with Gasteiger partial charge in [-0.25, -0.2) is 9.18 Å². The number of esters is 1. The van der Waals surface area contributed by atoms with Crippen molar-refractivity contribution in [2.24, 2.45) is 0 Å². The maximum Gasteiger partial charge on any atom is 0.330 e. The Balaban J connectivity index is 1.97. The van der Waals surface area contributed by atoms with E-state index in [1.54, 1.807) is 12.1 Å². The fraction of sp³-hybridized carbons (Fsp3) is 0.312. The lowest BCUT2D eigenvalue weighted by Crippen LogP contribution is -2.27. The molecule has 122 valence electrons. The van der Waals surface area contributed by atoms with E-state index in [1.807, 2.05) is 0 Å². The molecule has 0 radical (unpaired) electrons. The third-order valence-electron chi connectivity index (χ3n) is 3.32. The van der Waals surface area contributed by atoms with Crippen molar-refractivity contribution in [2.75, 3.05) is 19.0 Å². The summed E-state index contributed by atoms with van der Waals surface area (Å²) in [7, 11) is 1.31. The van der Waals surface area contributed by atoms with E-state index in [-0.39, 0.29) is 11.2 Å². The van der Waals surface area contributed by atoms with E-state index in [4.69, 9.17) is 0 Å². The largest absolute Gasteiger partial charge is 0.466 e. The monoisotopic (exact) mass is 335 g/mol. The number of nitrogens with zero attached hydrogens (tertiary/aromatic N) is 2. The van der Waals surface area contributed by atoms with Gasteiger partial charge in [-0.05, 0) is 23.8 Å². The van der Waals surface area contributed by atoms with Gasteiger partial charge in [-0.3, -0.25) is 0 Å². The van der Waals surface area contributed by atoms with E-state index in [9.17, 15) is 9.18 Å². The Morgan fingerprint density at radius 2 is 2.09 bits per heavy atom. The quantitative estimate of drug-likeness (QED) is 0.648. The molecule has 0 atom stereocenters.